The summed E-state index contributed by atoms with van der Waals surface area (Å²) < 4.78 is 44.0. The molecule has 1 amide bonds. The average Bonchev–Trinajstić information content (AvgIpc) is 2.91. The number of sulfonamides is 1. The number of hydrogen-bond acceptors (Lipinski definition) is 6. The van der Waals surface area contributed by atoms with E-state index in [9.17, 15) is 13.2 Å². The average molecular weight is 527 g/mol. The van der Waals surface area contributed by atoms with Crippen LogP contribution in [0.3, 0.4) is 0 Å². The third-order valence-electron chi connectivity index (χ3n) is 5.98. The molecule has 0 bridgehead atoms. The van der Waals surface area contributed by atoms with E-state index in [4.69, 9.17) is 14.2 Å². The lowest BCUT2D eigenvalue weighted by molar-refractivity contribution is -0.130. The number of rotatable bonds is 13. The number of amides is 1. The van der Waals surface area contributed by atoms with E-state index in [1.807, 2.05) is 42.5 Å². The van der Waals surface area contributed by atoms with Gasteiger partial charge in [0.15, 0.2) is 11.5 Å². The minimum Gasteiger partial charge on any atom is -0.493 e. The molecule has 0 saturated heterocycles. The van der Waals surface area contributed by atoms with Crippen molar-refractivity contribution in [3.05, 3.63) is 83.4 Å². The molecule has 0 aliphatic rings. The van der Waals surface area contributed by atoms with Crippen LogP contribution in [0.2, 0.25) is 0 Å². The van der Waals surface area contributed by atoms with Gasteiger partial charge in [0.1, 0.15) is 0 Å². The first-order chi connectivity index (χ1) is 17.8. The SMILES string of the molecule is COc1cc(CN(C)C(=O)CCc2ccc(S(=O)(=O)NCCc3ccccc3)cc2)cc(OC)c1OC. The summed E-state index contributed by atoms with van der Waals surface area (Å²) in [6.45, 7) is 0.697. The highest BCUT2D eigenvalue weighted by molar-refractivity contribution is 7.89. The van der Waals surface area contributed by atoms with Crippen molar-refractivity contribution in [2.45, 2.75) is 30.7 Å². The van der Waals surface area contributed by atoms with Crippen molar-refractivity contribution in [1.82, 2.24) is 9.62 Å². The second kappa shape index (κ2) is 13.1. The molecule has 3 rings (SSSR count). The van der Waals surface area contributed by atoms with Crippen LogP contribution in [0.1, 0.15) is 23.1 Å². The Hall–Kier alpha value is -3.56. The van der Waals surface area contributed by atoms with Crippen molar-refractivity contribution in [3.63, 3.8) is 0 Å². The van der Waals surface area contributed by atoms with Gasteiger partial charge in [0.25, 0.3) is 0 Å². The molecule has 0 aliphatic heterocycles. The van der Waals surface area contributed by atoms with Gasteiger partial charge in [0.05, 0.1) is 26.2 Å². The van der Waals surface area contributed by atoms with Crippen molar-refractivity contribution in [1.29, 1.82) is 0 Å². The molecular weight excluding hydrogens is 492 g/mol. The van der Waals surface area contributed by atoms with Gasteiger partial charge in [0.2, 0.25) is 21.7 Å². The van der Waals surface area contributed by atoms with Crippen molar-refractivity contribution in [2.75, 3.05) is 34.9 Å². The summed E-state index contributed by atoms with van der Waals surface area (Å²) in [5.74, 6) is 1.53. The van der Waals surface area contributed by atoms with Crippen LogP contribution in [-0.4, -0.2) is 54.1 Å². The Morgan fingerprint density at radius 2 is 1.41 bits per heavy atom. The lowest BCUT2D eigenvalue weighted by atomic mass is 10.1. The summed E-state index contributed by atoms with van der Waals surface area (Å²) in [6, 6.07) is 20.0. The molecule has 9 heteroatoms. The zero-order chi connectivity index (χ0) is 26.8. The number of benzene rings is 3. The van der Waals surface area contributed by atoms with Crippen LogP contribution in [-0.2, 0) is 34.2 Å². The minimum atomic E-state index is -3.60. The summed E-state index contributed by atoms with van der Waals surface area (Å²) in [4.78, 5) is 14.6. The van der Waals surface area contributed by atoms with E-state index < -0.39 is 10.0 Å². The Balaban J connectivity index is 1.53. The van der Waals surface area contributed by atoms with Crippen LogP contribution < -0.4 is 18.9 Å². The third-order valence-corrected chi connectivity index (χ3v) is 7.46. The molecule has 0 heterocycles. The Kier molecular flexibility index (Phi) is 9.93. The fourth-order valence-corrected chi connectivity index (χ4v) is 4.96. The highest BCUT2D eigenvalue weighted by atomic mass is 32.2. The Bertz CT molecular complexity index is 1250. The predicted octanol–water partition coefficient (Wildman–Crippen LogP) is 3.82. The summed E-state index contributed by atoms with van der Waals surface area (Å²) in [6.07, 6.45) is 1.41. The lowest BCUT2D eigenvalue weighted by Crippen LogP contribution is -2.26. The monoisotopic (exact) mass is 526 g/mol. The van der Waals surface area contributed by atoms with Gasteiger partial charge in [-0.15, -0.1) is 0 Å². The van der Waals surface area contributed by atoms with Gasteiger partial charge in [-0.3, -0.25) is 4.79 Å². The Morgan fingerprint density at radius 3 is 1.97 bits per heavy atom. The molecule has 0 atom stereocenters. The first-order valence-electron chi connectivity index (χ1n) is 11.9. The molecule has 3 aromatic rings. The summed E-state index contributed by atoms with van der Waals surface area (Å²) >= 11 is 0. The zero-order valence-electron chi connectivity index (χ0n) is 21.7. The second-order valence-electron chi connectivity index (χ2n) is 8.56. The van der Waals surface area contributed by atoms with E-state index in [1.165, 1.54) is 0 Å². The predicted molar refractivity (Wildman–Crippen MR) is 143 cm³/mol. The number of ether oxygens (including phenoxy) is 3. The van der Waals surface area contributed by atoms with E-state index in [0.717, 1.165) is 16.7 Å². The molecular formula is C28H34N2O6S. The fourth-order valence-electron chi connectivity index (χ4n) is 3.92. The van der Waals surface area contributed by atoms with Gasteiger partial charge in [-0.25, -0.2) is 13.1 Å². The molecule has 37 heavy (non-hydrogen) atoms. The molecule has 0 saturated carbocycles. The normalized spacial score (nSPS) is 11.1. The van der Waals surface area contributed by atoms with E-state index in [1.54, 1.807) is 57.5 Å². The quantitative estimate of drug-likeness (QED) is 0.364. The van der Waals surface area contributed by atoms with Crippen molar-refractivity contribution < 1.29 is 27.4 Å². The standard InChI is InChI=1S/C28H34N2O6S/c1-30(20-23-18-25(34-2)28(36-4)26(19-23)35-3)27(31)15-12-22-10-13-24(14-11-22)37(32,33)29-17-16-21-8-6-5-7-9-21/h5-11,13-14,18-19,29H,12,15-17,20H2,1-4H3. The third kappa shape index (κ3) is 7.71. The molecule has 0 spiro atoms. The molecule has 0 fully saturated rings. The van der Waals surface area contributed by atoms with E-state index in [2.05, 4.69) is 4.72 Å². The maximum atomic E-state index is 12.7. The molecule has 0 unspecified atom stereocenters. The van der Waals surface area contributed by atoms with Crippen LogP contribution in [0, 0.1) is 0 Å². The highest BCUT2D eigenvalue weighted by Crippen LogP contribution is 2.38. The van der Waals surface area contributed by atoms with Crippen molar-refractivity contribution in [3.8, 4) is 17.2 Å². The van der Waals surface area contributed by atoms with Gasteiger partial charge in [-0.2, -0.15) is 0 Å². The second-order valence-corrected chi connectivity index (χ2v) is 10.3. The van der Waals surface area contributed by atoms with Gasteiger partial charge < -0.3 is 19.1 Å². The zero-order valence-corrected chi connectivity index (χ0v) is 22.5. The Labute approximate surface area is 219 Å². The first kappa shape index (κ1) is 28.0. The number of aryl methyl sites for hydroxylation is 1. The van der Waals surface area contributed by atoms with Crippen LogP contribution in [0.4, 0.5) is 0 Å². The highest BCUT2D eigenvalue weighted by Gasteiger charge is 2.17. The fraction of sp³-hybridized carbons (Fsp3) is 0.321. The van der Waals surface area contributed by atoms with Crippen LogP contribution >= 0.6 is 0 Å². The lowest BCUT2D eigenvalue weighted by Gasteiger charge is -2.19. The molecule has 3 aromatic carbocycles. The van der Waals surface area contributed by atoms with Crippen LogP contribution in [0.15, 0.2) is 71.6 Å². The Morgan fingerprint density at radius 1 is 0.811 bits per heavy atom. The number of carbonyl (C=O) groups is 1. The molecule has 0 aliphatic carbocycles. The van der Waals surface area contributed by atoms with Gasteiger partial charge in [-0.1, -0.05) is 42.5 Å². The number of methoxy groups -OCH3 is 3. The smallest absolute Gasteiger partial charge is 0.240 e. The first-order valence-corrected chi connectivity index (χ1v) is 13.4. The topological polar surface area (TPSA) is 94.2 Å². The molecule has 0 aromatic heterocycles. The maximum absolute atomic E-state index is 12.7. The van der Waals surface area contributed by atoms with E-state index >= 15 is 0 Å². The number of carbonyl (C=O) groups excluding carboxylic acids is 1. The van der Waals surface area contributed by atoms with Crippen molar-refractivity contribution in [2.24, 2.45) is 0 Å². The molecule has 8 nitrogen and oxygen atoms in total. The van der Waals surface area contributed by atoms with Crippen LogP contribution in [0.25, 0.3) is 0 Å². The van der Waals surface area contributed by atoms with Crippen LogP contribution in [0.5, 0.6) is 17.2 Å². The summed E-state index contributed by atoms with van der Waals surface area (Å²) in [5, 5.41) is 0. The van der Waals surface area contributed by atoms with E-state index in [0.29, 0.717) is 49.6 Å². The van der Waals surface area contributed by atoms with Gasteiger partial charge in [-0.05, 0) is 53.8 Å². The van der Waals surface area contributed by atoms with E-state index in [-0.39, 0.29) is 10.8 Å². The number of nitrogens with zero attached hydrogens (tertiary/aromatic N) is 1. The van der Waals surface area contributed by atoms with Gasteiger partial charge in [0, 0.05) is 26.6 Å². The molecule has 0 radical (unpaired) electrons. The molecule has 198 valence electrons. The largest absolute Gasteiger partial charge is 0.493 e. The minimum absolute atomic E-state index is 0.0342. The van der Waals surface area contributed by atoms with Gasteiger partial charge >= 0.3 is 0 Å². The molecule has 1 N–H and O–H groups in total. The summed E-state index contributed by atoms with van der Waals surface area (Å²) in [5.41, 5.74) is 2.80. The number of nitrogens with one attached hydrogen (secondary N) is 1. The maximum Gasteiger partial charge on any atom is 0.240 e. The van der Waals surface area contributed by atoms with Crippen molar-refractivity contribution >= 4 is 15.9 Å². The number of hydrogen-bond donors (Lipinski definition) is 1. The summed E-state index contributed by atoms with van der Waals surface area (Å²) in [7, 11) is 2.78.